The summed E-state index contributed by atoms with van der Waals surface area (Å²) >= 11 is 0. The lowest BCUT2D eigenvalue weighted by molar-refractivity contribution is -0.0258. The largest absolute Gasteiger partial charge is 0.0654 e. The number of rotatable bonds is 3. The van der Waals surface area contributed by atoms with Gasteiger partial charge in [0.25, 0.3) is 0 Å². The molecule has 17 heavy (non-hydrogen) atoms. The molecule has 0 heteroatoms. The van der Waals surface area contributed by atoms with Crippen molar-refractivity contribution < 1.29 is 0 Å². The molecule has 0 saturated heterocycles. The van der Waals surface area contributed by atoms with Crippen LogP contribution in [-0.4, -0.2) is 0 Å². The topological polar surface area (TPSA) is 0 Å². The predicted octanol–water partition coefficient (Wildman–Crippen LogP) is 5.52. The summed E-state index contributed by atoms with van der Waals surface area (Å²) in [6, 6.07) is 0. The maximum absolute atomic E-state index is 2.55. The molecule has 100 valence electrons. The zero-order chi connectivity index (χ0) is 12.4. The van der Waals surface area contributed by atoms with Crippen LogP contribution in [0.2, 0.25) is 0 Å². The lowest BCUT2D eigenvalue weighted by Crippen LogP contribution is -2.44. The van der Waals surface area contributed by atoms with Crippen molar-refractivity contribution in [3.05, 3.63) is 0 Å². The Kier molecular flexibility index (Phi) is 4.55. The Hall–Kier alpha value is 0. The van der Waals surface area contributed by atoms with Crippen LogP contribution in [0, 0.1) is 35.5 Å². The van der Waals surface area contributed by atoms with E-state index in [0.29, 0.717) is 0 Å². The number of hydrogen-bond donors (Lipinski definition) is 0. The molecule has 0 spiro atoms. The molecular formula is C17H32. The highest BCUT2D eigenvalue weighted by Gasteiger charge is 2.45. The molecule has 0 N–H and O–H groups in total. The maximum Gasteiger partial charge on any atom is -0.0326 e. The van der Waals surface area contributed by atoms with Crippen LogP contribution >= 0.6 is 0 Å². The van der Waals surface area contributed by atoms with Crippen molar-refractivity contribution in [1.82, 2.24) is 0 Å². The summed E-state index contributed by atoms with van der Waals surface area (Å²) in [5.74, 6) is 6.24. The lowest BCUT2D eigenvalue weighted by atomic mass is 9.53. The van der Waals surface area contributed by atoms with Gasteiger partial charge in [0.2, 0.25) is 0 Å². The van der Waals surface area contributed by atoms with Crippen LogP contribution in [0.15, 0.2) is 0 Å². The van der Waals surface area contributed by atoms with Gasteiger partial charge in [0.05, 0.1) is 0 Å². The highest BCUT2D eigenvalue weighted by molar-refractivity contribution is 4.94. The molecule has 0 amide bonds. The van der Waals surface area contributed by atoms with Gasteiger partial charge in [-0.1, -0.05) is 59.8 Å². The van der Waals surface area contributed by atoms with E-state index in [1.54, 1.807) is 0 Å². The second-order valence-corrected chi connectivity index (χ2v) is 6.98. The highest BCUT2D eigenvalue weighted by Crippen LogP contribution is 2.53. The molecule has 2 fully saturated rings. The first kappa shape index (κ1) is 13.4. The molecule has 6 unspecified atom stereocenters. The van der Waals surface area contributed by atoms with Crippen LogP contribution in [0.4, 0.5) is 0 Å². The molecule has 2 saturated carbocycles. The Morgan fingerprint density at radius 1 is 0.765 bits per heavy atom. The van der Waals surface area contributed by atoms with E-state index in [2.05, 4.69) is 27.7 Å². The summed E-state index contributed by atoms with van der Waals surface area (Å²) in [7, 11) is 0. The summed E-state index contributed by atoms with van der Waals surface area (Å²) in [4.78, 5) is 0. The average molecular weight is 236 g/mol. The van der Waals surface area contributed by atoms with E-state index in [-0.39, 0.29) is 0 Å². The molecule has 0 aliphatic heterocycles. The average Bonchev–Trinajstić information content (AvgIpc) is 2.34. The van der Waals surface area contributed by atoms with Gasteiger partial charge < -0.3 is 0 Å². The fourth-order valence-corrected chi connectivity index (χ4v) is 5.22. The first-order valence-corrected chi connectivity index (χ1v) is 8.19. The molecule has 0 radical (unpaired) electrons. The van der Waals surface area contributed by atoms with Gasteiger partial charge in [-0.2, -0.15) is 0 Å². The standard InChI is InChI=1S/C17H32/c1-5-7-15-11-10-14(6-2)16-12(3)8-9-13(4)17(15)16/h12-17H,5-11H2,1-4H3. The molecule has 2 aliphatic carbocycles. The summed E-state index contributed by atoms with van der Waals surface area (Å²) in [5.41, 5.74) is 0. The van der Waals surface area contributed by atoms with Gasteiger partial charge in [0.1, 0.15) is 0 Å². The fraction of sp³-hybridized carbons (Fsp3) is 1.00. The van der Waals surface area contributed by atoms with E-state index >= 15 is 0 Å². The SMILES string of the molecule is CCCC1CCC(CC)C2C(C)CCC(C)C12. The summed E-state index contributed by atoms with van der Waals surface area (Å²) in [6.07, 6.45) is 10.4. The molecule has 2 rings (SSSR count). The summed E-state index contributed by atoms with van der Waals surface area (Å²) < 4.78 is 0. The van der Waals surface area contributed by atoms with Gasteiger partial charge in [-0.25, -0.2) is 0 Å². The van der Waals surface area contributed by atoms with Crippen LogP contribution in [0.1, 0.15) is 72.6 Å². The summed E-state index contributed by atoms with van der Waals surface area (Å²) in [6.45, 7) is 9.89. The Bertz CT molecular complexity index is 232. The molecule has 0 nitrogen and oxygen atoms in total. The first-order chi connectivity index (χ1) is 8.19. The van der Waals surface area contributed by atoms with E-state index in [9.17, 15) is 0 Å². The smallest absolute Gasteiger partial charge is 0.0326 e. The molecule has 0 aromatic carbocycles. The normalized spacial score (nSPS) is 46.6. The first-order valence-electron chi connectivity index (χ1n) is 8.19. The predicted molar refractivity (Wildman–Crippen MR) is 76.0 cm³/mol. The molecular weight excluding hydrogens is 204 g/mol. The third-order valence-electron chi connectivity index (χ3n) is 6.02. The Morgan fingerprint density at radius 3 is 1.82 bits per heavy atom. The quantitative estimate of drug-likeness (QED) is 0.605. The van der Waals surface area contributed by atoms with Gasteiger partial charge in [-0.15, -0.1) is 0 Å². The van der Waals surface area contributed by atoms with Crippen molar-refractivity contribution in [3.8, 4) is 0 Å². The minimum absolute atomic E-state index is 1.00. The third-order valence-corrected chi connectivity index (χ3v) is 6.02. The van der Waals surface area contributed by atoms with Crippen LogP contribution < -0.4 is 0 Å². The zero-order valence-corrected chi connectivity index (χ0v) is 12.4. The van der Waals surface area contributed by atoms with E-state index in [0.717, 1.165) is 35.5 Å². The van der Waals surface area contributed by atoms with E-state index in [4.69, 9.17) is 0 Å². The van der Waals surface area contributed by atoms with Gasteiger partial charge in [0.15, 0.2) is 0 Å². The van der Waals surface area contributed by atoms with Crippen molar-refractivity contribution in [1.29, 1.82) is 0 Å². The van der Waals surface area contributed by atoms with Crippen molar-refractivity contribution in [3.63, 3.8) is 0 Å². The van der Waals surface area contributed by atoms with Crippen LogP contribution in [0.3, 0.4) is 0 Å². The van der Waals surface area contributed by atoms with Crippen molar-refractivity contribution in [2.24, 2.45) is 35.5 Å². The van der Waals surface area contributed by atoms with E-state index < -0.39 is 0 Å². The van der Waals surface area contributed by atoms with Crippen LogP contribution in [-0.2, 0) is 0 Å². The van der Waals surface area contributed by atoms with Gasteiger partial charge in [0, 0.05) is 0 Å². The minimum atomic E-state index is 1.00. The minimum Gasteiger partial charge on any atom is -0.0654 e. The van der Waals surface area contributed by atoms with Gasteiger partial charge >= 0.3 is 0 Å². The summed E-state index contributed by atoms with van der Waals surface area (Å²) in [5, 5.41) is 0. The molecule has 0 bridgehead atoms. The zero-order valence-electron chi connectivity index (χ0n) is 12.4. The van der Waals surface area contributed by atoms with E-state index in [1.807, 2.05) is 0 Å². The van der Waals surface area contributed by atoms with Gasteiger partial charge in [-0.3, -0.25) is 0 Å². The lowest BCUT2D eigenvalue weighted by Gasteiger charge is -2.52. The maximum atomic E-state index is 2.55. The van der Waals surface area contributed by atoms with Crippen LogP contribution in [0.25, 0.3) is 0 Å². The fourth-order valence-electron chi connectivity index (χ4n) is 5.22. The van der Waals surface area contributed by atoms with Gasteiger partial charge in [-0.05, 0) is 48.3 Å². The second kappa shape index (κ2) is 5.76. The molecule has 6 atom stereocenters. The second-order valence-electron chi connectivity index (χ2n) is 6.98. The van der Waals surface area contributed by atoms with E-state index in [1.165, 1.54) is 44.9 Å². The molecule has 0 heterocycles. The number of fused-ring (bicyclic) bond motifs is 1. The van der Waals surface area contributed by atoms with Crippen molar-refractivity contribution in [2.75, 3.05) is 0 Å². The van der Waals surface area contributed by atoms with Crippen molar-refractivity contribution in [2.45, 2.75) is 72.6 Å². The molecule has 0 aromatic heterocycles. The Balaban J connectivity index is 2.17. The Labute approximate surface area is 109 Å². The monoisotopic (exact) mass is 236 g/mol. The molecule has 2 aliphatic rings. The third kappa shape index (κ3) is 2.56. The van der Waals surface area contributed by atoms with Crippen molar-refractivity contribution >= 4 is 0 Å². The molecule has 0 aromatic rings. The number of hydrogen-bond acceptors (Lipinski definition) is 0. The highest BCUT2D eigenvalue weighted by atomic mass is 14.5. The van der Waals surface area contributed by atoms with Crippen LogP contribution in [0.5, 0.6) is 0 Å². The Morgan fingerprint density at radius 2 is 1.29 bits per heavy atom.